The molecule has 0 saturated heterocycles. The van der Waals surface area contributed by atoms with Gasteiger partial charge in [-0.1, -0.05) is 6.92 Å². The van der Waals surface area contributed by atoms with Crippen LogP contribution >= 0.6 is 15.9 Å². The second-order valence-electron chi connectivity index (χ2n) is 3.93. The number of nitrogens with zero attached hydrogens (tertiary/aromatic N) is 3. The maximum atomic E-state index is 4.53. The molecule has 0 aliphatic carbocycles. The summed E-state index contributed by atoms with van der Waals surface area (Å²) in [7, 11) is 1.85. The van der Waals surface area contributed by atoms with Gasteiger partial charge in [-0.3, -0.25) is 4.98 Å². The Morgan fingerprint density at radius 3 is 2.78 bits per heavy atom. The maximum Gasteiger partial charge on any atom is 0.162 e. The molecule has 4 nitrogen and oxygen atoms in total. The van der Waals surface area contributed by atoms with Crippen LogP contribution in [-0.2, 0) is 6.42 Å². The van der Waals surface area contributed by atoms with Gasteiger partial charge in [0.2, 0.25) is 0 Å². The van der Waals surface area contributed by atoms with Gasteiger partial charge in [0, 0.05) is 25.0 Å². The summed E-state index contributed by atoms with van der Waals surface area (Å²) < 4.78 is 0.904. The van der Waals surface area contributed by atoms with E-state index in [1.807, 2.05) is 26.2 Å². The minimum absolute atomic E-state index is 0.735. The summed E-state index contributed by atoms with van der Waals surface area (Å²) in [6, 6.07) is 1.96. The summed E-state index contributed by atoms with van der Waals surface area (Å²) in [5.41, 5.74) is 3.11. The third-order valence-electron chi connectivity index (χ3n) is 2.78. The lowest BCUT2D eigenvalue weighted by Gasteiger charge is -2.10. The Balaban J connectivity index is 2.61. The van der Waals surface area contributed by atoms with Gasteiger partial charge in [-0.15, -0.1) is 0 Å². The lowest BCUT2D eigenvalue weighted by molar-refractivity contribution is 1.05. The number of nitrogens with one attached hydrogen (secondary N) is 1. The minimum atomic E-state index is 0.735. The first-order valence-electron chi connectivity index (χ1n) is 5.82. The molecule has 94 valence electrons. The molecule has 2 aromatic heterocycles. The van der Waals surface area contributed by atoms with E-state index in [1.165, 1.54) is 0 Å². The number of aromatic nitrogens is 3. The van der Waals surface area contributed by atoms with E-state index in [-0.39, 0.29) is 0 Å². The maximum absolute atomic E-state index is 4.53. The first kappa shape index (κ1) is 13.0. The van der Waals surface area contributed by atoms with Gasteiger partial charge in [-0.2, -0.15) is 0 Å². The second kappa shape index (κ2) is 5.44. The molecule has 0 saturated carbocycles. The zero-order chi connectivity index (χ0) is 13.1. The second-order valence-corrected chi connectivity index (χ2v) is 4.72. The highest BCUT2D eigenvalue weighted by atomic mass is 79.9. The molecule has 0 aliphatic heterocycles. The molecule has 2 rings (SSSR count). The van der Waals surface area contributed by atoms with Gasteiger partial charge in [0.1, 0.15) is 5.82 Å². The molecule has 0 radical (unpaired) electrons. The van der Waals surface area contributed by atoms with Crippen LogP contribution in [-0.4, -0.2) is 22.0 Å². The van der Waals surface area contributed by atoms with Gasteiger partial charge in [0.25, 0.3) is 0 Å². The number of hydrogen-bond acceptors (Lipinski definition) is 4. The lowest BCUT2D eigenvalue weighted by Crippen LogP contribution is -2.02. The summed E-state index contributed by atoms with van der Waals surface area (Å²) in [6.45, 7) is 4.06. The topological polar surface area (TPSA) is 50.7 Å². The van der Waals surface area contributed by atoms with Crippen LogP contribution < -0.4 is 5.32 Å². The molecule has 0 amide bonds. The average molecular weight is 307 g/mol. The molecule has 0 aromatic carbocycles. The first-order chi connectivity index (χ1) is 8.67. The normalized spacial score (nSPS) is 10.4. The zero-order valence-corrected chi connectivity index (χ0v) is 12.2. The summed E-state index contributed by atoms with van der Waals surface area (Å²) in [5.74, 6) is 1.54. The van der Waals surface area contributed by atoms with Crippen molar-refractivity contribution >= 4 is 21.7 Å². The van der Waals surface area contributed by atoms with Gasteiger partial charge >= 0.3 is 0 Å². The molecule has 2 heterocycles. The Bertz CT molecular complexity index is 569. The highest BCUT2D eigenvalue weighted by molar-refractivity contribution is 9.10. The first-order valence-corrected chi connectivity index (χ1v) is 6.61. The van der Waals surface area contributed by atoms with Crippen molar-refractivity contribution in [3.63, 3.8) is 0 Å². The molecule has 0 unspecified atom stereocenters. The molecule has 0 spiro atoms. The van der Waals surface area contributed by atoms with Crippen LogP contribution in [0.2, 0.25) is 0 Å². The molecule has 5 heteroatoms. The van der Waals surface area contributed by atoms with E-state index in [0.717, 1.165) is 39.4 Å². The fourth-order valence-electron chi connectivity index (χ4n) is 1.77. The van der Waals surface area contributed by atoms with Gasteiger partial charge in [-0.05, 0) is 40.9 Å². The van der Waals surface area contributed by atoms with E-state index < -0.39 is 0 Å². The fraction of sp³-hybridized carbons (Fsp3) is 0.308. The van der Waals surface area contributed by atoms with Crippen LogP contribution in [0.3, 0.4) is 0 Å². The van der Waals surface area contributed by atoms with E-state index in [9.17, 15) is 0 Å². The Hall–Kier alpha value is -1.49. The van der Waals surface area contributed by atoms with E-state index >= 15 is 0 Å². The molecule has 18 heavy (non-hydrogen) atoms. The molecule has 0 aliphatic rings. The predicted octanol–water partition coefficient (Wildman–Crippen LogP) is 3.21. The van der Waals surface area contributed by atoms with Crippen LogP contribution in [0.4, 0.5) is 5.82 Å². The summed E-state index contributed by atoms with van der Waals surface area (Å²) >= 11 is 3.48. The van der Waals surface area contributed by atoms with Crippen LogP contribution in [0.1, 0.15) is 18.2 Å². The minimum Gasteiger partial charge on any atom is -0.372 e. The number of pyridine rings is 1. The van der Waals surface area contributed by atoms with Gasteiger partial charge in [-0.25, -0.2) is 9.97 Å². The van der Waals surface area contributed by atoms with Crippen molar-refractivity contribution < 1.29 is 0 Å². The van der Waals surface area contributed by atoms with Crippen molar-refractivity contribution in [3.8, 4) is 11.4 Å². The van der Waals surface area contributed by atoms with Crippen molar-refractivity contribution in [1.82, 2.24) is 15.0 Å². The lowest BCUT2D eigenvalue weighted by atomic mass is 10.1. The Kier molecular flexibility index (Phi) is 3.91. The Labute approximate surface area is 115 Å². The highest BCUT2D eigenvalue weighted by Crippen LogP contribution is 2.27. The fourth-order valence-corrected chi connectivity index (χ4v) is 2.15. The third kappa shape index (κ3) is 2.36. The summed E-state index contributed by atoms with van der Waals surface area (Å²) in [4.78, 5) is 13.2. The van der Waals surface area contributed by atoms with Crippen LogP contribution in [0, 0.1) is 6.92 Å². The van der Waals surface area contributed by atoms with Crippen molar-refractivity contribution in [3.05, 3.63) is 34.2 Å². The van der Waals surface area contributed by atoms with Gasteiger partial charge < -0.3 is 5.32 Å². The van der Waals surface area contributed by atoms with Crippen LogP contribution in [0.5, 0.6) is 0 Å². The van der Waals surface area contributed by atoms with Crippen molar-refractivity contribution in [1.29, 1.82) is 0 Å². The number of hydrogen-bond donors (Lipinski definition) is 1. The molecule has 1 N–H and O–H groups in total. The average Bonchev–Trinajstić information content (AvgIpc) is 2.41. The van der Waals surface area contributed by atoms with Gasteiger partial charge in [0.15, 0.2) is 5.82 Å². The highest BCUT2D eigenvalue weighted by Gasteiger charge is 2.12. The van der Waals surface area contributed by atoms with Crippen LogP contribution in [0.25, 0.3) is 11.4 Å². The number of rotatable bonds is 3. The smallest absolute Gasteiger partial charge is 0.162 e. The van der Waals surface area contributed by atoms with Crippen molar-refractivity contribution in [2.75, 3.05) is 12.4 Å². The van der Waals surface area contributed by atoms with E-state index in [2.05, 4.69) is 43.1 Å². The molecular formula is C13H15BrN4. The predicted molar refractivity (Wildman–Crippen MR) is 76.6 cm³/mol. The number of anilines is 1. The standard InChI is InChI=1S/C13H15BrN4/c1-4-9-7-16-6-5-10(9)12-17-8(2)11(14)13(15-3)18-12/h5-7H,4H2,1-3H3,(H,15,17,18). The number of aryl methyl sites for hydroxylation is 2. The number of halogens is 1. The molecule has 2 aromatic rings. The van der Waals surface area contributed by atoms with E-state index in [4.69, 9.17) is 0 Å². The molecular weight excluding hydrogens is 292 g/mol. The SMILES string of the molecule is CCc1cnccc1-c1nc(C)c(Br)c(NC)n1. The largest absolute Gasteiger partial charge is 0.372 e. The van der Waals surface area contributed by atoms with Crippen LogP contribution in [0.15, 0.2) is 22.9 Å². The van der Waals surface area contributed by atoms with Gasteiger partial charge in [0.05, 0.1) is 10.2 Å². The quantitative estimate of drug-likeness (QED) is 0.946. The summed E-state index contributed by atoms with van der Waals surface area (Å²) in [6.07, 6.45) is 4.56. The summed E-state index contributed by atoms with van der Waals surface area (Å²) in [5, 5.41) is 3.07. The molecule has 0 fully saturated rings. The Morgan fingerprint density at radius 2 is 2.11 bits per heavy atom. The van der Waals surface area contributed by atoms with E-state index in [1.54, 1.807) is 6.20 Å². The van der Waals surface area contributed by atoms with Crippen molar-refractivity contribution in [2.45, 2.75) is 20.3 Å². The molecule has 0 atom stereocenters. The third-order valence-corrected chi connectivity index (χ3v) is 3.73. The molecule has 0 bridgehead atoms. The Morgan fingerprint density at radius 1 is 1.33 bits per heavy atom. The monoisotopic (exact) mass is 306 g/mol. The van der Waals surface area contributed by atoms with E-state index in [0.29, 0.717) is 0 Å². The zero-order valence-electron chi connectivity index (χ0n) is 10.7. The van der Waals surface area contributed by atoms with Crippen molar-refractivity contribution in [2.24, 2.45) is 0 Å².